The van der Waals surface area contributed by atoms with E-state index in [9.17, 15) is 19.2 Å². The van der Waals surface area contributed by atoms with Gasteiger partial charge in [-0.05, 0) is 11.5 Å². The number of amides is 2. The van der Waals surface area contributed by atoms with E-state index >= 15 is 0 Å². The summed E-state index contributed by atoms with van der Waals surface area (Å²) in [6, 6.07) is 7.31. The molecule has 2 N–H and O–H groups in total. The second kappa shape index (κ2) is 11.1. The smallest absolute Gasteiger partial charge is 0.550 e. The van der Waals surface area contributed by atoms with Gasteiger partial charge in [0.25, 0.3) is 11.9 Å². The van der Waals surface area contributed by atoms with E-state index in [0.29, 0.717) is 6.42 Å². The molecule has 0 radical (unpaired) electrons. The van der Waals surface area contributed by atoms with Crippen molar-refractivity contribution in [1.29, 1.82) is 0 Å². The minimum absolute atomic E-state index is 0.0619. The first-order valence-electron chi connectivity index (χ1n) is 12.9. The highest BCUT2D eigenvalue weighted by atomic mass is 16.7. The summed E-state index contributed by atoms with van der Waals surface area (Å²) in [5, 5.41) is 5.77. The second-order valence-corrected chi connectivity index (χ2v) is 10.9. The van der Waals surface area contributed by atoms with E-state index in [1.165, 1.54) is 25.7 Å². The maximum Gasteiger partial charge on any atom is 0.550 e. The molecule has 2 aromatic rings. The number of likely N-dealkylation sites (N-methyl/N-ethyl adjacent to an activating group) is 1. The van der Waals surface area contributed by atoms with E-state index in [2.05, 4.69) is 20.6 Å². The molecule has 1 unspecified atom stereocenters. The number of hydrogen-bond acceptors (Lipinski definition) is 9. The van der Waals surface area contributed by atoms with Gasteiger partial charge in [0.1, 0.15) is 11.7 Å². The number of nitrogens with one attached hydrogen (secondary N) is 2. The summed E-state index contributed by atoms with van der Waals surface area (Å²) < 4.78 is 16.9. The zero-order valence-electron chi connectivity index (χ0n) is 22.7. The third-order valence-electron chi connectivity index (χ3n) is 7.49. The Morgan fingerprint density at radius 1 is 1.13 bits per heavy atom. The van der Waals surface area contributed by atoms with Crippen LogP contribution < -0.4 is 10.6 Å². The second-order valence-electron chi connectivity index (χ2n) is 10.9. The summed E-state index contributed by atoms with van der Waals surface area (Å²) in [6.45, 7) is 1.37. The fraction of sp³-hybridized carbons (Fsp3) is 0.462. The Bertz CT molecular complexity index is 1230. The highest BCUT2D eigenvalue weighted by Crippen LogP contribution is 2.44. The molecule has 12 nitrogen and oxygen atoms in total. The summed E-state index contributed by atoms with van der Waals surface area (Å²) in [4.78, 5) is 60.2. The molecule has 4 rings (SSSR count). The van der Waals surface area contributed by atoms with Crippen molar-refractivity contribution in [3.8, 4) is 0 Å². The molecule has 3 heterocycles. The van der Waals surface area contributed by atoms with Gasteiger partial charge in [-0.25, -0.2) is 9.78 Å². The molecule has 0 saturated carbocycles. The minimum atomic E-state index is -2.56. The lowest BCUT2D eigenvalue weighted by atomic mass is 9.56. The first-order valence-corrected chi connectivity index (χ1v) is 12.9. The van der Waals surface area contributed by atoms with Gasteiger partial charge in [-0.1, -0.05) is 50.6 Å². The Hall–Kier alpha value is -3.84. The van der Waals surface area contributed by atoms with Crippen LogP contribution in [0.4, 0.5) is 0 Å². The van der Waals surface area contributed by atoms with Gasteiger partial charge in [-0.15, -0.1) is 0 Å². The zero-order chi connectivity index (χ0) is 28.4. The predicted molar refractivity (Wildman–Crippen MR) is 139 cm³/mol. The molecule has 39 heavy (non-hydrogen) atoms. The molecule has 5 atom stereocenters. The fourth-order valence-corrected chi connectivity index (χ4v) is 5.59. The summed E-state index contributed by atoms with van der Waals surface area (Å²) in [6.07, 6.45) is 3.59. The van der Waals surface area contributed by atoms with E-state index < -0.39 is 54.6 Å². The number of nitrogens with zero attached hydrogens (tertiary/aromatic N) is 3. The number of carbonyl (C=O) groups excluding carboxylic acids is 4. The molecule has 2 aliphatic rings. The molecule has 13 heteroatoms. The molecular formula is C26H34BN5O7. The quantitative estimate of drug-likeness (QED) is 0.324. The molecule has 2 fully saturated rings. The number of aromatic nitrogens is 2. The van der Waals surface area contributed by atoms with Crippen LogP contribution in [-0.4, -0.2) is 90.1 Å². The van der Waals surface area contributed by atoms with Crippen molar-refractivity contribution in [3.63, 3.8) is 0 Å². The van der Waals surface area contributed by atoms with Crippen molar-refractivity contribution in [2.75, 3.05) is 21.2 Å². The minimum Gasteiger partial charge on any atom is -0.612 e. The van der Waals surface area contributed by atoms with Gasteiger partial charge in [0.15, 0.2) is 12.1 Å². The van der Waals surface area contributed by atoms with Gasteiger partial charge < -0.3 is 29.1 Å². The van der Waals surface area contributed by atoms with Crippen LogP contribution in [0, 0.1) is 5.92 Å². The van der Waals surface area contributed by atoms with Crippen LogP contribution in [0.15, 0.2) is 48.9 Å². The first-order chi connectivity index (χ1) is 18.5. The number of quaternary nitrogens is 1. The van der Waals surface area contributed by atoms with Crippen LogP contribution in [0.1, 0.15) is 36.3 Å². The third-order valence-corrected chi connectivity index (χ3v) is 7.49. The monoisotopic (exact) mass is 539 g/mol. The Balaban J connectivity index is 1.65. The van der Waals surface area contributed by atoms with Crippen molar-refractivity contribution in [3.05, 3.63) is 60.2 Å². The van der Waals surface area contributed by atoms with E-state index in [0.717, 1.165) is 5.56 Å². The molecule has 0 aliphatic carbocycles. The van der Waals surface area contributed by atoms with Crippen molar-refractivity contribution in [1.82, 2.24) is 20.6 Å². The molecule has 2 aliphatic heterocycles. The van der Waals surface area contributed by atoms with Gasteiger partial charge in [-0.3, -0.25) is 19.4 Å². The molecule has 1 aromatic heterocycles. The molecule has 2 amide bonds. The Labute approximate surface area is 227 Å². The SMILES string of the molecule is COC(=O)[C@H]1[C@H]2O[B-]([C@H](CC(C)C)NC(=O)[C@H](Cc3ccccc3)NC(=O)c3cnccn3)(OC2=O)[N+]1(C)C. The summed E-state index contributed by atoms with van der Waals surface area (Å²) in [7, 11) is 4.70. The van der Waals surface area contributed by atoms with Crippen molar-refractivity contribution < 1.29 is 37.6 Å². The van der Waals surface area contributed by atoms with Crippen LogP contribution in [-0.2, 0) is 34.9 Å². The van der Waals surface area contributed by atoms with E-state index in [1.54, 1.807) is 14.1 Å². The molecule has 1 aromatic carbocycles. The molecular weight excluding hydrogens is 505 g/mol. The maximum atomic E-state index is 13.9. The zero-order valence-corrected chi connectivity index (χ0v) is 22.7. The normalized spacial score (nSPS) is 24.5. The lowest BCUT2D eigenvalue weighted by Crippen LogP contribution is -2.78. The highest BCUT2D eigenvalue weighted by molar-refractivity contribution is 6.66. The van der Waals surface area contributed by atoms with E-state index in [4.69, 9.17) is 14.0 Å². The van der Waals surface area contributed by atoms with Gasteiger partial charge in [0.2, 0.25) is 5.91 Å². The number of rotatable bonds is 10. The molecule has 2 bridgehead atoms. The van der Waals surface area contributed by atoms with Gasteiger partial charge in [0, 0.05) is 38.9 Å². The molecule has 2 saturated heterocycles. The average Bonchev–Trinajstić information content (AvgIpc) is 3.37. The van der Waals surface area contributed by atoms with Crippen LogP contribution >= 0.6 is 0 Å². The summed E-state index contributed by atoms with van der Waals surface area (Å²) in [5.74, 6) is -3.05. The topological polar surface area (TPSA) is 146 Å². The number of esters is 1. The lowest BCUT2D eigenvalue weighted by Gasteiger charge is -2.53. The molecule has 208 valence electrons. The Kier molecular flexibility index (Phi) is 8.03. The first kappa shape index (κ1) is 28.2. The van der Waals surface area contributed by atoms with Crippen LogP contribution in [0.2, 0.25) is 0 Å². The lowest BCUT2D eigenvalue weighted by molar-refractivity contribution is -0.815. The number of methoxy groups -OCH3 is 1. The van der Waals surface area contributed by atoms with E-state index in [1.807, 2.05) is 44.2 Å². The fourth-order valence-electron chi connectivity index (χ4n) is 5.59. The Morgan fingerprint density at radius 3 is 2.46 bits per heavy atom. The third kappa shape index (κ3) is 5.37. The maximum absolute atomic E-state index is 13.9. The van der Waals surface area contributed by atoms with Crippen LogP contribution in [0.25, 0.3) is 0 Å². The largest absolute Gasteiger partial charge is 0.612 e. The summed E-state index contributed by atoms with van der Waals surface area (Å²) in [5.41, 5.74) is 0.892. The number of hydrogen-bond donors (Lipinski definition) is 2. The van der Waals surface area contributed by atoms with Crippen molar-refractivity contribution in [2.24, 2.45) is 5.92 Å². The van der Waals surface area contributed by atoms with Gasteiger partial charge >= 0.3 is 12.7 Å². The average molecular weight is 539 g/mol. The number of benzene rings is 1. The van der Waals surface area contributed by atoms with Gasteiger partial charge in [-0.2, -0.15) is 0 Å². The van der Waals surface area contributed by atoms with Gasteiger partial charge in [0.05, 0.1) is 13.3 Å². The Morgan fingerprint density at radius 2 is 1.85 bits per heavy atom. The van der Waals surface area contributed by atoms with E-state index in [-0.39, 0.29) is 22.4 Å². The number of ether oxygens (including phenoxy) is 1. The number of fused-ring (bicyclic) bond motifs is 2. The van der Waals surface area contributed by atoms with Crippen molar-refractivity contribution >= 4 is 30.4 Å². The van der Waals surface area contributed by atoms with Crippen LogP contribution in [0.5, 0.6) is 0 Å². The summed E-state index contributed by atoms with van der Waals surface area (Å²) >= 11 is 0. The number of carbonyl (C=O) groups is 4. The predicted octanol–water partition coefficient (Wildman–Crippen LogP) is 0.400. The molecule has 0 spiro atoms. The highest BCUT2D eigenvalue weighted by Gasteiger charge is 2.74. The standard InChI is InChI=1S/C26H34BN5O7/c1-16(2)13-20(27-32(3,4)21(25(35)37-5)22(38-27)26(36)39-27)31-23(33)18(14-17-9-7-6-8-10-17)30-24(34)19-15-28-11-12-29-19/h6-12,15-16,18,20-22H,13-14H2,1-5H3,(H,30,34)(H,31,33)/t18-,20-,21+,22+,27?/m0/s1. The van der Waals surface area contributed by atoms with Crippen molar-refractivity contribution in [2.45, 2.75) is 50.8 Å². The van der Waals surface area contributed by atoms with Crippen LogP contribution in [0.3, 0.4) is 0 Å².